The van der Waals surface area contributed by atoms with Gasteiger partial charge in [-0.2, -0.15) is 0 Å². The van der Waals surface area contributed by atoms with Gasteiger partial charge in [-0.25, -0.2) is 4.39 Å². The van der Waals surface area contributed by atoms with Crippen LogP contribution in [0.3, 0.4) is 0 Å². The lowest BCUT2D eigenvalue weighted by atomic mass is 9.97. The largest absolute Gasteiger partial charge is 0.310 e. The highest BCUT2D eigenvalue weighted by Crippen LogP contribution is 2.27. The molecule has 0 spiro atoms. The van der Waals surface area contributed by atoms with Crippen molar-refractivity contribution >= 4 is 0 Å². The first-order valence-electron chi connectivity index (χ1n) is 7.23. The van der Waals surface area contributed by atoms with Crippen molar-refractivity contribution in [3.8, 4) is 11.1 Å². The minimum absolute atomic E-state index is 0.136. The van der Waals surface area contributed by atoms with Crippen molar-refractivity contribution in [2.45, 2.75) is 39.3 Å². The van der Waals surface area contributed by atoms with Crippen LogP contribution in [-0.4, -0.2) is 6.04 Å². The Kier molecular flexibility index (Phi) is 3.58. The van der Waals surface area contributed by atoms with E-state index in [4.69, 9.17) is 0 Å². The first-order valence-corrected chi connectivity index (χ1v) is 7.23. The number of rotatable bonds is 4. The predicted molar refractivity (Wildman–Crippen MR) is 81.2 cm³/mol. The summed E-state index contributed by atoms with van der Waals surface area (Å²) in [5, 5.41) is 3.52. The van der Waals surface area contributed by atoms with Crippen molar-refractivity contribution in [1.82, 2.24) is 5.32 Å². The van der Waals surface area contributed by atoms with Crippen LogP contribution in [0.25, 0.3) is 11.1 Å². The quantitative estimate of drug-likeness (QED) is 0.869. The number of halogens is 1. The molecule has 1 nitrogen and oxygen atoms in total. The van der Waals surface area contributed by atoms with E-state index < -0.39 is 0 Å². The van der Waals surface area contributed by atoms with E-state index in [2.05, 4.69) is 30.4 Å². The Balaban J connectivity index is 1.89. The Morgan fingerprint density at radius 1 is 1.05 bits per heavy atom. The number of aryl methyl sites for hydroxylation is 2. The minimum Gasteiger partial charge on any atom is -0.310 e. The number of benzene rings is 2. The van der Waals surface area contributed by atoms with Crippen molar-refractivity contribution in [3.05, 3.63) is 58.9 Å². The van der Waals surface area contributed by atoms with E-state index >= 15 is 0 Å². The van der Waals surface area contributed by atoms with Crippen molar-refractivity contribution in [3.63, 3.8) is 0 Å². The lowest BCUT2D eigenvalue weighted by molar-refractivity contribution is 0.619. The molecule has 20 heavy (non-hydrogen) atoms. The summed E-state index contributed by atoms with van der Waals surface area (Å²) < 4.78 is 13.7. The zero-order valence-electron chi connectivity index (χ0n) is 12.0. The Bertz CT molecular complexity index is 629. The molecule has 2 heteroatoms. The molecule has 0 atom stereocenters. The highest BCUT2D eigenvalue weighted by atomic mass is 19.1. The van der Waals surface area contributed by atoms with E-state index in [0.29, 0.717) is 11.6 Å². The second-order valence-electron chi connectivity index (χ2n) is 5.77. The summed E-state index contributed by atoms with van der Waals surface area (Å²) in [6.07, 6.45) is 2.59. The van der Waals surface area contributed by atoms with Gasteiger partial charge in [0.1, 0.15) is 5.82 Å². The smallest absolute Gasteiger partial charge is 0.126 e. The summed E-state index contributed by atoms with van der Waals surface area (Å²) in [6, 6.07) is 12.6. The van der Waals surface area contributed by atoms with Crippen LogP contribution in [0.15, 0.2) is 36.4 Å². The molecule has 0 bridgehead atoms. The Hall–Kier alpha value is -1.67. The lowest BCUT2D eigenvalue weighted by Crippen LogP contribution is -2.15. The third kappa shape index (κ3) is 2.91. The molecule has 2 aromatic rings. The van der Waals surface area contributed by atoms with Crippen LogP contribution in [0.2, 0.25) is 0 Å². The first kappa shape index (κ1) is 13.3. The topological polar surface area (TPSA) is 12.0 Å². The molecular weight excluding hydrogens is 249 g/mol. The molecule has 104 valence electrons. The highest BCUT2D eigenvalue weighted by molar-refractivity contribution is 5.68. The predicted octanol–water partition coefficient (Wildman–Crippen LogP) is 4.36. The third-order valence-corrected chi connectivity index (χ3v) is 3.96. The van der Waals surface area contributed by atoms with Crippen molar-refractivity contribution < 1.29 is 4.39 Å². The molecule has 1 fully saturated rings. The third-order valence-electron chi connectivity index (χ3n) is 3.96. The van der Waals surface area contributed by atoms with Crippen LogP contribution in [-0.2, 0) is 6.54 Å². The van der Waals surface area contributed by atoms with Gasteiger partial charge in [-0.1, -0.05) is 24.3 Å². The second kappa shape index (κ2) is 5.37. The van der Waals surface area contributed by atoms with E-state index in [1.54, 1.807) is 13.0 Å². The monoisotopic (exact) mass is 269 g/mol. The Morgan fingerprint density at radius 3 is 2.50 bits per heavy atom. The van der Waals surface area contributed by atoms with Crippen molar-refractivity contribution in [2.75, 3.05) is 0 Å². The fourth-order valence-corrected chi connectivity index (χ4v) is 2.40. The second-order valence-corrected chi connectivity index (χ2v) is 5.77. The Labute approximate surface area is 119 Å². The molecule has 0 radical (unpaired) electrons. The summed E-state index contributed by atoms with van der Waals surface area (Å²) in [5.74, 6) is -0.136. The zero-order valence-corrected chi connectivity index (χ0v) is 12.0. The first-order chi connectivity index (χ1) is 9.63. The van der Waals surface area contributed by atoms with E-state index in [9.17, 15) is 4.39 Å². The fourth-order valence-electron chi connectivity index (χ4n) is 2.40. The van der Waals surface area contributed by atoms with Gasteiger partial charge in [-0.15, -0.1) is 0 Å². The van der Waals surface area contributed by atoms with Gasteiger partial charge in [0.15, 0.2) is 0 Å². The maximum atomic E-state index is 13.7. The van der Waals surface area contributed by atoms with Gasteiger partial charge in [0, 0.05) is 12.6 Å². The average Bonchev–Trinajstić information content (AvgIpc) is 3.25. The summed E-state index contributed by atoms with van der Waals surface area (Å²) >= 11 is 0. The molecular formula is C18H20FN. The van der Waals surface area contributed by atoms with Gasteiger partial charge >= 0.3 is 0 Å². The molecule has 0 saturated heterocycles. The van der Waals surface area contributed by atoms with E-state index in [-0.39, 0.29) is 5.82 Å². The van der Waals surface area contributed by atoms with Gasteiger partial charge < -0.3 is 5.32 Å². The summed E-state index contributed by atoms with van der Waals surface area (Å²) in [6.45, 7) is 4.76. The summed E-state index contributed by atoms with van der Waals surface area (Å²) in [7, 11) is 0. The molecule has 0 aromatic heterocycles. The fraction of sp³-hybridized carbons (Fsp3) is 0.333. The highest BCUT2D eigenvalue weighted by Gasteiger charge is 2.20. The number of hydrogen-bond acceptors (Lipinski definition) is 1. The molecule has 0 unspecified atom stereocenters. The average molecular weight is 269 g/mol. The van der Waals surface area contributed by atoms with Crippen LogP contribution in [0.4, 0.5) is 4.39 Å². The zero-order chi connectivity index (χ0) is 14.1. The van der Waals surface area contributed by atoms with Crippen LogP contribution >= 0.6 is 0 Å². The maximum absolute atomic E-state index is 13.7. The van der Waals surface area contributed by atoms with E-state index in [1.807, 2.05) is 12.1 Å². The summed E-state index contributed by atoms with van der Waals surface area (Å²) in [5.41, 5.74) is 5.22. The molecule has 1 N–H and O–H groups in total. The molecule has 3 rings (SSSR count). The normalized spacial score (nSPS) is 14.6. The van der Waals surface area contributed by atoms with Crippen molar-refractivity contribution in [2.24, 2.45) is 0 Å². The molecule has 0 aliphatic heterocycles. The van der Waals surface area contributed by atoms with Crippen LogP contribution < -0.4 is 5.32 Å². The van der Waals surface area contributed by atoms with Crippen molar-refractivity contribution in [1.29, 1.82) is 0 Å². The number of hydrogen-bond donors (Lipinski definition) is 1. The minimum atomic E-state index is -0.136. The molecule has 1 aliphatic carbocycles. The van der Waals surface area contributed by atoms with Crippen LogP contribution in [0, 0.1) is 19.7 Å². The molecule has 1 saturated carbocycles. The van der Waals surface area contributed by atoms with Crippen LogP contribution in [0.5, 0.6) is 0 Å². The summed E-state index contributed by atoms with van der Waals surface area (Å²) in [4.78, 5) is 0. The van der Waals surface area contributed by atoms with E-state index in [1.165, 1.54) is 24.0 Å². The maximum Gasteiger partial charge on any atom is 0.126 e. The van der Waals surface area contributed by atoms with Gasteiger partial charge in [-0.05, 0) is 66.6 Å². The molecule has 0 heterocycles. The standard InChI is InChI=1S/C18H20FN/c1-12-3-5-14(11-20-16-7-8-16)9-17(12)15-6-4-13(2)18(19)10-15/h3-6,9-10,16,20H,7-8,11H2,1-2H3. The van der Waals surface area contributed by atoms with Gasteiger partial charge in [0.05, 0.1) is 0 Å². The Morgan fingerprint density at radius 2 is 1.80 bits per heavy atom. The SMILES string of the molecule is Cc1ccc(-c2cc(CNC3CC3)ccc2C)cc1F. The lowest BCUT2D eigenvalue weighted by Gasteiger charge is -2.11. The van der Waals surface area contributed by atoms with Gasteiger partial charge in [0.2, 0.25) is 0 Å². The molecule has 1 aliphatic rings. The van der Waals surface area contributed by atoms with Gasteiger partial charge in [-0.3, -0.25) is 0 Å². The van der Waals surface area contributed by atoms with Crippen LogP contribution in [0.1, 0.15) is 29.5 Å². The molecule has 2 aromatic carbocycles. The number of nitrogens with one attached hydrogen (secondary N) is 1. The van der Waals surface area contributed by atoms with Gasteiger partial charge in [0.25, 0.3) is 0 Å². The molecule has 0 amide bonds. The van der Waals surface area contributed by atoms with E-state index in [0.717, 1.165) is 17.7 Å².